The van der Waals surface area contributed by atoms with Gasteiger partial charge in [0.1, 0.15) is 12.4 Å². The van der Waals surface area contributed by atoms with Crippen molar-refractivity contribution in [1.82, 2.24) is 29.6 Å². The maximum Gasteiger partial charge on any atom is 0.297 e. The van der Waals surface area contributed by atoms with Gasteiger partial charge in [0.2, 0.25) is 5.16 Å². The number of aliphatic hydroxyl groups is 1. The number of thioether (sulfide) groups is 1. The molecular formula is C23H26N6O3S. The zero-order valence-electron chi connectivity index (χ0n) is 19.0. The summed E-state index contributed by atoms with van der Waals surface area (Å²) in [5, 5.41) is 22.7. The zero-order valence-corrected chi connectivity index (χ0v) is 19.8. The van der Waals surface area contributed by atoms with E-state index < -0.39 is 6.10 Å². The predicted molar refractivity (Wildman–Crippen MR) is 127 cm³/mol. The topological polar surface area (TPSA) is 100.0 Å². The molecule has 4 rings (SSSR count). The van der Waals surface area contributed by atoms with Crippen molar-refractivity contribution in [1.29, 1.82) is 0 Å². The molecule has 1 atom stereocenters. The van der Waals surface area contributed by atoms with E-state index in [0.29, 0.717) is 16.6 Å². The Morgan fingerprint density at radius 2 is 1.88 bits per heavy atom. The van der Waals surface area contributed by atoms with Crippen LogP contribution in [0.15, 0.2) is 58.5 Å². The molecule has 0 fully saturated rings. The van der Waals surface area contributed by atoms with Crippen LogP contribution in [0.5, 0.6) is 5.75 Å². The van der Waals surface area contributed by atoms with Crippen molar-refractivity contribution < 1.29 is 9.84 Å². The van der Waals surface area contributed by atoms with Crippen molar-refractivity contribution in [3.05, 3.63) is 75.7 Å². The summed E-state index contributed by atoms with van der Waals surface area (Å²) in [5.74, 6) is 1.06. The van der Waals surface area contributed by atoms with E-state index in [2.05, 4.69) is 15.5 Å². The first-order chi connectivity index (χ1) is 15.9. The van der Waals surface area contributed by atoms with Crippen LogP contribution in [0, 0.1) is 20.8 Å². The van der Waals surface area contributed by atoms with Crippen LogP contribution in [0.4, 0.5) is 0 Å². The second kappa shape index (κ2) is 9.63. The second-order valence-corrected chi connectivity index (χ2v) is 8.82. The Labute approximate surface area is 195 Å². The number of tetrazole rings is 1. The number of aromatic nitrogens is 6. The fourth-order valence-corrected chi connectivity index (χ4v) is 4.26. The third-order valence-corrected chi connectivity index (χ3v) is 6.42. The molecule has 172 valence electrons. The van der Waals surface area contributed by atoms with Crippen LogP contribution < -0.4 is 10.3 Å². The van der Waals surface area contributed by atoms with Gasteiger partial charge in [0.05, 0.1) is 17.5 Å². The first kappa shape index (κ1) is 22.8. The van der Waals surface area contributed by atoms with Gasteiger partial charge >= 0.3 is 0 Å². The predicted octanol–water partition coefficient (Wildman–Crippen LogP) is 2.61. The molecule has 4 aromatic rings. The molecule has 2 aromatic heterocycles. The van der Waals surface area contributed by atoms with Gasteiger partial charge in [-0.2, -0.15) is 4.68 Å². The molecule has 2 aromatic carbocycles. The van der Waals surface area contributed by atoms with E-state index in [-0.39, 0.29) is 12.2 Å². The number of aliphatic hydroxyl groups excluding tert-OH is 1. The van der Waals surface area contributed by atoms with Gasteiger partial charge in [-0.3, -0.25) is 9.48 Å². The Kier molecular flexibility index (Phi) is 6.66. The normalized spacial score (nSPS) is 12.2. The molecule has 9 nitrogen and oxygen atoms in total. The monoisotopic (exact) mass is 466 g/mol. The molecule has 33 heavy (non-hydrogen) atoms. The van der Waals surface area contributed by atoms with Crippen molar-refractivity contribution in [2.45, 2.75) is 32.0 Å². The van der Waals surface area contributed by atoms with E-state index in [1.807, 2.05) is 76.3 Å². The number of benzene rings is 2. The van der Waals surface area contributed by atoms with Gasteiger partial charge in [-0.15, -0.1) is 5.10 Å². The maximum atomic E-state index is 13.3. The van der Waals surface area contributed by atoms with E-state index in [0.717, 1.165) is 28.3 Å². The van der Waals surface area contributed by atoms with Crippen LogP contribution in [0.25, 0.3) is 11.4 Å². The average Bonchev–Trinajstić information content (AvgIpc) is 3.35. The number of rotatable bonds is 8. The summed E-state index contributed by atoms with van der Waals surface area (Å²) >= 11 is 1.27. The molecule has 0 spiro atoms. The highest BCUT2D eigenvalue weighted by atomic mass is 32.2. The van der Waals surface area contributed by atoms with E-state index in [9.17, 15) is 9.90 Å². The van der Waals surface area contributed by atoms with Crippen LogP contribution in [0.1, 0.15) is 16.8 Å². The third-order valence-electron chi connectivity index (χ3n) is 5.36. The van der Waals surface area contributed by atoms with Crippen LogP contribution in [-0.2, 0) is 7.05 Å². The molecule has 0 aliphatic carbocycles. The Morgan fingerprint density at radius 1 is 1.12 bits per heavy atom. The van der Waals surface area contributed by atoms with Gasteiger partial charge in [0.15, 0.2) is 5.69 Å². The Morgan fingerprint density at radius 3 is 2.64 bits per heavy atom. The van der Waals surface area contributed by atoms with Gasteiger partial charge in [0, 0.05) is 12.8 Å². The van der Waals surface area contributed by atoms with E-state index in [1.54, 1.807) is 9.36 Å². The maximum absolute atomic E-state index is 13.3. The fourth-order valence-electron chi connectivity index (χ4n) is 3.47. The van der Waals surface area contributed by atoms with Crippen LogP contribution >= 0.6 is 11.8 Å². The molecule has 0 saturated heterocycles. The molecule has 0 unspecified atom stereocenters. The summed E-state index contributed by atoms with van der Waals surface area (Å²) in [6, 6.07) is 15.4. The van der Waals surface area contributed by atoms with E-state index in [1.165, 1.54) is 16.4 Å². The van der Waals surface area contributed by atoms with Gasteiger partial charge in [-0.05, 0) is 60.5 Å². The summed E-state index contributed by atoms with van der Waals surface area (Å²) in [7, 11) is 1.82. The van der Waals surface area contributed by atoms with Crippen LogP contribution in [-0.4, -0.2) is 53.1 Å². The van der Waals surface area contributed by atoms with Crippen LogP contribution in [0.3, 0.4) is 0 Å². The molecular weight excluding hydrogens is 440 g/mol. The SMILES string of the molecule is Cc1ccc(C)c(OC[C@H](O)CSc2nnnn2-c2c(C)n(C)n(-c3ccccc3)c2=O)c1. The number of nitrogens with zero attached hydrogens (tertiary/aromatic N) is 6. The lowest BCUT2D eigenvalue weighted by Gasteiger charge is -2.14. The van der Waals surface area contributed by atoms with Gasteiger partial charge in [0.25, 0.3) is 5.56 Å². The summed E-state index contributed by atoms with van der Waals surface area (Å²) in [6.07, 6.45) is -0.738. The van der Waals surface area contributed by atoms with Crippen molar-refractivity contribution in [2.75, 3.05) is 12.4 Å². The lowest BCUT2D eigenvalue weighted by atomic mass is 10.1. The molecule has 10 heteroatoms. The molecule has 0 radical (unpaired) electrons. The van der Waals surface area contributed by atoms with Gasteiger partial charge < -0.3 is 9.84 Å². The Balaban J connectivity index is 1.50. The van der Waals surface area contributed by atoms with Crippen molar-refractivity contribution in [3.63, 3.8) is 0 Å². The van der Waals surface area contributed by atoms with Crippen molar-refractivity contribution in [2.24, 2.45) is 7.05 Å². The highest BCUT2D eigenvalue weighted by molar-refractivity contribution is 7.99. The van der Waals surface area contributed by atoms with Gasteiger partial charge in [-0.25, -0.2) is 4.68 Å². The Hall–Kier alpha value is -3.37. The van der Waals surface area contributed by atoms with Crippen LogP contribution in [0.2, 0.25) is 0 Å². The number of aryl methyl sites for hydroxylation is 2. The lowest BCUT2D eigenvalue weighted by Crippen LogP contribution is -2.22. The average molecular weight is 467 g/mol. The zero-order chi connectivity index (χ0) is 23.5. The minimum atomic E-state index is -0.738. The highest BCUT2D eigenvalue weighted by Crippen LogP contribution is 2.22. The van der Waals surface area contributed by atoms with Crippen molar-refractivity contribution >= 4 is 11.8 Å². The largest absolute Gasteiger partial charge is 0.491 e. The summed E-state index contributed by atoms with van der Waals surface area (Å²) < 4.78 is 10.6. The number of hydrogen-bond acceptors (Lipinski definition) is 7. The fraction of sp³-hybridized carbons (Fsp3) is 0.304. The highest BCUT2D eigenvalue weighted by Gasteiger charge is 2.22. The van der Waals surface area contributed by atoms with E-state index in [4.69, 9.17) is 4.74 Å². The first-order valence-electron chi connectivity index (χ1n) is 10.5. The second-order valence-electron chi connectivity index (χ2n) is 7.83. The van der Waals surface area contributed by atoms with Crippen molar-refractivity contribution in [3.8, 4) is 17.1 Å². The number of para-hydroxylation sites is 1. The minimum Gasteiger partial charge on any atom is -0.491 e. The minimum absolute atomic E-state index is 0.143. The Bertz CT molecular complexity index is 1310. The number of ether oxygens (including phenoxy) is 1. The molecule has 0 aliphatic heterocycles. The standard InChI is InChI=1S/C23H26N6O3S/c1-15-10-11-16(2)20(12-15)32-13-19(30)14-33-23-24-25-26-28(23)21-17(3)27(4)29(22(21)31)18-8-6-5-7-9-18/h5-12,19,30H,13-14H2,1-4H3/t19-/m0/s1. The molecule has 2 heterocycles. The smallest absolute Gasteiger partial charge is 0.297 e. The third kappa shape index (κ3) is 4.71. The molecule has 0 aliphatic rings. The summed E-state index contributed by atoms with van der Waals surface area (Å²) in [6.45, 7) is 5.95. The quantitative estimate of drug-likeness (QED) is 0.399. The first-order valence-corrected chi connectivity index (χ1v) is 11.5. The van der Waals surface area contributed by atoms with E-state index >= 15 is 0 Å². The summed E-state index contributed by atoms with van der Waals surface area (Å²) in [4.78, 5) is 13.3. The lowest BCUT2D eigenvalue weighted by molar-refractivity contribution is 0.126. The molecule has 0 bridgehead atoms. The molecule has 0 amide bonds. The number of hydrogen-bond donors (Lipinski definition) is 1. The molecule has 1 N–H and O–H groups in total. The van der Waals surface area contributed by atoms with Gasteiger partial charge in [-0.1, -0.05) is 42.1 Å². The summed E-state index contributed by atoms with van der Waals surface area (Å²) in [5.41, 5.74) is 3.72. The molecule has 0 saturated carbocycles.